The van der Waals surface area contributed by atoms with Gasteiger partial charge < -0.3 is 10.5 Å². The van der Waals surface area contributed by atoms with Crippen molar-refractivity contribution in [2.24, 2.45) is 0 Å². The molecule has 1 aromatic rings. The average Bonchev–Trinajstić information content (AvgIpc) is 2.37. The molecule has 0 saturated carbocycles. The highest BCUT2D eigenvalue weighted by atomic mass is 32.2. The predicted octanol–water partition coefficient (Wildman–Crippen LogP) is 2.66. The van der Waals surface area contributed by atoms with Gasteiger partial charge in [-0.05, 0) is 49.4 Å². The molecule has 0 atom stereocenters. The summed E-state index contributed by atoms with van der Waals surface area (Å²) in [6.45, 7) is 2.55. The van der Waals surface area contributed by atoms with Gasteiger partial charge in [0.25, 0.3) is 10.1 Å². The zero-order chi connectivity index (χ0) is 15.0. The standard InChI is InChI=1S/C14H23NO4S/c1-2-3-6-12-11-13(7-8-14(12)15)19-9-4-5-10-20(16,17)18/h7-8,11H,2-6,9-10,15H2,1H3,(H,16,17,18). The van der Waals surface area contributed by atoms with Gasteiger partial charge in [0.1, 0.15) is 5.75 Å². The molecule has 0 radical (unpaired) electrons. The maximum absolute atomic E-state index is 10.5. The smallest absolute Gasteiger partial charge is 0.264 e. The van der Waals surface area contributed by atoms with Gasteiger partial charge in [0.05, 0.1) is 12.4 Å². The van der Waals surface area contributed by atoms with E-state index in [0.29, 0.717) is 19.4 Å². The van der Waals surface area contributed by atoms with Gasteiger partial charge in [-0.2, -0.15) is 8.42 Å². The summed E-state index contributed by atoms with van der Waals surface area (Å²) in [5.41, 5.74) is 7.77. The van der Waals surface area contributed by atoms with Crippen molar-refractivity contribution in [2.45, 2.75) is 39.0 Å². The first-order valence-corrected chi connectivity index (χ1v) is 8.49. The lowest BCUT2D eigenvalue weighted by Crippen LogP contribution is -2.06. The van der Waals surface area contributed by atoms with Gasteiger partial charge in [0.15, 0.2) is 0 Å². The second-order valence-corrected chi connectivity index (χ2v) is 6.38. The molecule has 0 bridgehead atoms. The van der Waals surface area contributed by atoms with Gasteiger partial charge >= 0.3 is 0 Å². The fourth-order valence-electron chi connectivity index (χ4n) is 1.83. The van der Waals surface area contributed by atoms with E-state index < -0.39 is 10.1 Å². The van der Waals surface area contributed by atoms with Crippen LogP contribution in [0, 0.1) is 0 Å². The van der Waals surface area contributed by atoms with Gasteiger partial charge in [-0.3, -0.25) is 4.55 Å². The minimum absolute atomic E-state index is 0.222. The van der Waals surface area contributed by atoms with E-state index >= 15 is 0 Å². The highest BCUT2D eigenvalue weighted by Crippen LogP contribution is 2.21. The summed E-state index contributed by atoms with van der Waals surface area (Å²) in [5, 5.41) is 0. The molecular formula is C14H23NO4S. The quantitative estimate of drug-likeness (QED) is 0.416. The second-order valence-electron chi connectivity index (χ2n) is 4.81. The Morgan fingerprint density at radius 2 is 2.00 bits per heavy atom. The minimum atomic E-state index is -3.86. The number of benzene rings is 1. The summed E-state index contributed by atoms with van der Waals surface area (Å²) in [5.74, 6) is 0.525. The van der Waals surface area contributed by atoms with Crippen LogP contribution in [0.2, 0.25) is 0 Å². The Kier molecular flexibility index (Phi) is 6.81. The molecule has 0 aromatic heterocycles. The highest BCUT2D eigenvalue weighted by molar-refractivity contribution is 7.85. The van der Waals surface area contributed by atoms with Crippen molar-refractivity contribution >= 4 is 15.8 Å². The summed E-state index contributed by atoms with van der Waals surface area (Å²) < 4.78 is 35.3. The number of nitrogens with two attached hydrogens (primary N) is 1. The molecule has 0 saturated heterocycles. The third kappa shape index (κ3) is 6.77. The van der Waals surface area contributed by atoms with E-state index in [-0.39, 0.29) is 5.75 Å². The molecule has 0 aliphatic heterocycles. The number of rotatable bonds is 9. The Morgan fingerprint density at radius 3 is 2.65 bits per heavy atom. The number of hydrogen-bond donors (Lipinski definition) is 2. The molecule has 114 valence electrons. The lowest BCUT2D eigenvalue weighted by Gasteiger charge is -2.10. The van der Waals surface area contributed by atoms with E-state index in [1.807, 2.05) is 18.2 Å². The first-order valence-electron chi connectivity index (χ1n) is 6.88. The monoisotopic (exact) mass is 301 g/mol. The first-order chi connectivity index (χ1) is 9.42. The number of ether oxygens (including phenoxy) is 1. The van der Waals surface area contributed by atoms with Crippen molar-refractivity contribution < 1.29 is 17.7 Å². The third-order valence-corrected chi connectivity index (χ3v) is 3.78. The van der Waals surface area contributed by atoms with Crippen LogP contribution in [-0.2, 0) is 16.5 Å². The summed E-state index contributed by atoms with van der Waals surface area (Å²) in [6, 6.07) is 5.58. The molecule has 3 N–H and O–H groups in total. The maximum Gasteiger partial charge on any atom is 0.264 e. The van der Waals surface area contributed by atoms with E-state index in [1.165, 1.54) is 0 Å². The van der Waals surface area contributed by atoms with Crippen molar-refractivity contribution in [1.82, 2.24) is 0 Å². The average molecular weight is 301 g/mol. The van der Waals surface area contributed by atoms with E-state index in [0.717, 1.165) is 36.3 Å². The number of anilines is 1. The van der Waals surface area contributed by atoms with Gasteiger partial charge in [-0.25, -0.2) is 0 Å². The van der Waals surface area contributed by atoms with Crippen LogP contribution in [0.25, 0.3) is 0 Å². The Morgan fingerprint density at radius 1 is 1.25 bits per heavy atom. The van der Waals surface area contributed by atoms with Crippen molar-refractivity contribution in [3.8, 4) is 5.75 Å². The molecule has 0 unspecified atom stereocenters. The number of unbranched alkanes of at least 4 members (excludes halogenated alkanes) is 2. The zero-order valence-electron chi connectivity index (χ0n) is 11.8. The van der Waals surface area contributed by atoms with Crippen LogP contribution in [-0.4, -0.2) is 25.3 Å². The molecule has 0 aliphatic rings. The largest absolute Gasteiger partial charge is 0.494 e. The third-order valence-electron chi connectivity index (χ3n) is 2.98. The topological polar surface area (TPSA) is 89.6 Å². The molecule has 0 aliphatic carbocycles. The van der Waals surface area contributed by atoms with Gasteiger partial charge in [0.2, 0.25) is 0 Å². The Balaban J connectivity index is 2.40. The van der Waals surface area contributed by atoms with Crippen LogP contribution < -0.4 is 10.5 Å². The van der Waals surface area contributed by atoms with E-state index in [1.54, 1.807) is 0 Å². The van der Waals surface area contributed by atoms with Crippen LogP contribution in [0.4, 0.5) is 5.69 Å². The molecule has 20 heavy (non-hydrogen) atoms. The van der Waals surface area contributed by atoms with Crippen molar-refractivity contribution in [2.75, 3.05) is 18.1 Å². The fraction of sp³-hybridized carbons (Fsp3) is 0.571. The van der Waals surface area contributed by atoms with E-state index in [2.05, 4.69) is 6.92 Å². The zero-order valence-corrected chi connectivity index (χ0v) is 12.7. The number of hydrogen-bond acceptors (Lipinski definition) is 4. The van der Waals surface area contributed by atoms with Gasteiger partial charge in [-0.15, -0.1) is 0 Å². The Bertz CT molecular complexity index is 514. The predicted molar refractivity (Wildman–Crippen MR) is 80.6 cm³/mol. The Hall–Kier alpha value is -1.27. The maximum atomic E-state index is 10.5. The van der Waals surface area contributed by atoms with Gasteiger partial charge in [-0.1, -0.05) is 13.3 Å². The first kappa shape index (κ1) is 16.8. The molecule has 0 spiro atoms. The number of nitrogen functional groups attached to an aromatic ring is 1. The molecule has 0 amide bonds. The van der Waals surface area contributed by atoms with Crippen LogP contribution in [0.5, 0.6) is 5.75 Å². The molecule has 0 fully saturated rings. The van der Waals surface area contributed by atoms with Crippen LogP contribution in [0.3, 0.4) is 0 Å². The SMILES string of the molecule is CCCCc1cc(OCCCCS(=O)(=O)O)ccc1N. The van der Waals surface area contributed by atoms with Crippen molar-refractivity contribution in [1.29, 1.82) is 0 Å². The molecule has 5 nitrogen and oxygen atoms in total. The van der Waals surface area contributed by atoms with Crippen LogP contribution in [0.15, 0.2) is 18.2 Å². The lowest BCUT2D eigenvalue weighted by atomic mass is 10.1. The fourth-order valence-corrected chi connectivity index (χ4v) is 2.40. The van der Waals surface area contributed by atoms with E-state index in [4.69, 9.17) is 15.0 Å². The minimum Gasteiger partial charge on any atom is -0.494 e. The molecular weight excluding hydrogens is 278 g/mol. The summed E-state index contributed by atoms with van der Waals surface area (Å²) in [4.78, 5) is 0. The molecule has 0 heterocycles. The van der Waals surface area contributed by atoms with Crippen molar-refractivity contribution in [3.63, 3.8) is 0 Å². The van der Waals surface area contributed by atoms with Crippen molar-refractivity contribution in [3.05, 3.63) is 23.8 Å². The summed E-state index contributed by atoms with van der Waals surface area (Å²) in [7, 11) is -3.86. The van der Waals surface area contributed by atoms with Crippen LogP contribution >= 0.6 is 0 Å². The lowest BCUT2D eigenvalue weighted by molar-refractivity contribution is 0.309. The molecule has 1 aromatic carbocycles. The highest BCUT2D eigenvalue weighted by Gasteiger charge is 2.05. The number of aryl methyl sites for hydroxylation is 1. The summed E-state index contributed by atoms with van der Waals surface area (Å²) >= 11 is 0. The molecule has 6 heteroatoms. The molecule has 1 rings (SSSR count). The van der Waals surface area contributed by atoms with Crippen LogP contribution in [0.1, 0.15) is 38.2 Å². The van der Waals surface area contributed by atoms with Gasteiger partial charge in [0, 0.05) is 5.69 Å². The second kappa shape index (κ2) is 8.11. The Labute approximate surface area is 120 Å². The van der Waals surface area contributed by atoms with E-state index in [9.17, 15) is 8.42 Å². The summed E-state index contributed by atoms with van der Waals surface area (Å²) in [6.07, 6.45) is 4.09. The normalized spacial score (nSPS) is 11.5.